The molecular weight excluding hydrogens is 337 g/mol. The molecule has 21 heavy (non-hydrogen) atoms. The molecule has 0 aliphatic rings. The molecule has 0 spiro atoms. The first-order valence-corrected chi connectivity index (χ1v) is 7.84. The van der Waals surface area contributed by atoms with Gasteiger partial charge in [0.1, 0.15) is 0 Å². The molecule has 2 N–H and O–H groups in total. The minimum Gasteiger partial charge on any atom is -0.478 e. The standard InChI is InChI=1S/C13H9Cl2NO4S/c14-9-5-10(15)7-11(6-9)16-21(19,20)12-3-1-2-8(4-12)13(17)18/h1-7,16H,(H,17,18). The Balaban J connectivity index is 2.38. The maximum Gasteiger partial charge on any atom is 0.335 e. The molecule has 2 rings (SSSR count). The van der Waals surface area contributed by atoms with E-state index in [9.17, 15) is 13.2 Å². The lowest BCUT2D eigenvalue weighted by Gasteiger charge is -2.09. The Morgan fingerprint density at radius 1 is 1.05 bits per heavy atom. The largest absolute Gasteiger partial charge is 0.478 e. The molecule has 0 aliphatic carbocycles. The van der Waals surface area contributed by atoms with E-state index in [2.05, 4.69) is 4.72 Å². The zero-order valence-corrected chi connectivity index (χ0v) is 12.7. The van der Waals surface area contributed by atoms with Crippen molar-refractivity contribution in [3.05, 3.63) is 58.1 Å². The number of halogens is 2. The van der Waals surface area contributed by atoms with E-state index < -0.39 is 16.0 Å². The summed E-state index contributed by atoms with van der Waals surface area (Å²) < 4.78 is 26.7. The Kier molecular flexibility index (Phi) is 4.41. The minimum atomic E-state index is -3.93. The van der Waals surface area contributed by atoms with Crippen molar-refractivity contribution in [2.45, 2.75) is 4.90 Å². The molecule has 8 heteroatoms. The van der Waals surface area contributed by atoms with E-state index in [1.165, 1.54) is 36.4 Å². The second kappa shape index (κ2) is 5.93. The van der Waals surface area contributed by atoms with E-state index in [4.69, 9.17) is 28.3 Å². The van der Waals surface area contributed by atoms with E-state index in [1.807, 2.05) is 0 Å². The highest BCUT2D eigenvalue weighted by Gasteiger charge is 2.16. The van der Waals surface area contributed by atoms with Gasteiger partial charge in [0.05, 0.1) is 16.1 Å². The van der Waals surface area contributed by atoms with Gasteiger partial charge in [-0.05, 0) is 36.4 Å². The number of hydrogen-bond acceptors (Lipinski definition) is 3. The summed E-state index contributed by atoms with van der Waals surface area (Å²) in [6.07, 6.45) is 0. The van der Waals surface area contributed by atoms with Crippen molar-refractivity contribution in [2.24, 2.45) is 0 Å². The molecule has 0 atom stereocenters. The van der Waals surface area contributed by atoms with Crippen molar-refractivity contribution in [1.29, 1.82) is 0 Å². The third-order valence-electron chi connectivity index (χ3n) is 2.51. The van der Waals surface area contributed by atoms with Crippen molar-refractivity contribution in [3.63, 3.8) is 0 Å². The SMILES string of the molecule is O=C(O)c1cccc(S(=O)(=O)Nc2cc(Cl)cc(Cl)c2)c1. The number of carboxylic acid groups (broad SMARTS) is 1. The molecule has 2 aromatic carbocycles. The van der Waals surface area contributed by atoms with Crippen molar-refractivity contribution in [2.75, 3.05) is 4.72 Å². The number of benzene rings is 2. The lowest BCUT2D eigenvalue weighted by Crippen LogP contribution is -2.13. The highest BCUT2D eigenvalue weighted by atomic mass is 35.5. The van der Waals surface area contributed by atoms with Gasteiger partial charge in [-0.3, -0.25) is 4.72 Å². The quantitative estimate of drug-likeness (QED) is 0.888. The van der Waals surface area contributed by atoms with Gasteiger partial charge in [0.25, 0.3) is 10.0 Å². The lowest BCUT2D eigenvalue weighted by molar-refractivity contribution is 0.0696. The van der Waals surface area contributed by atoms with Crippen LogP contribution in [-0.4, -0.2) is 19.5 Å². The van der Waals surface area contributed by atoms with Crippen LogP contribution in [0.1, 0.15) is 10.4 Å². The van der Waals surface area contributed by atoms with Crippen molar-refractivity contribution in [3.8, 4) is 0 Å². The summed E-state index contributed by atoms with van der Waals surface area (Å²) in [6, 6.07) is 9.27. The Labute approximate surface area is 131 Å². The Morgan fingerprint density at radius 2 is 1.67 bits per heavy atom. The maximum absolute atomic E-state index is 12.2. The van der Waals surface area contributed by atoms with Crippen LogP contribution in [0.25, 0.3) is 0 Å². The predicted molar refractivity (Wildman–Crippen MR) is 80.7 cm³/mol. The molecule has 110 valence electrons. The number of sulfonamides is 1. The molecule has 0 heterocycles. The Morgan fingerprint density at radius 3 is 2.24 bits per heavy atom. The highest BCUT2D eigenvalue weighted by Crippen LogP contribution is 2.24. The zero-order chi connectivity index (χ0) is 15.6. The van der Waals surface area contributed by atoms with Gasteiger partial charge in [-0.2, -0.15) is 0 Å². The van der Waals surface area contributed by atoms with Crippen LogP contribution in [-0.2, 0) is 10.0 Å². The molecule has 0 aromatic heterocycles. The highest BCUT2D eigenvalue weighted by molar-refractivity contribution is 7.92. The average Bonchev–Trinajstić information content (AvgIpc) is 2.37. The first-order valence-electron chi connectivity index (χ1n) is 5.60. The van der Waals surface area contributed by atoms with Gasteiger partial charge >= 0.3 is 5.97 Å². The van der Waals surface area contributed by atoms with Gasteiger partial charge in [-0.25, -0.2) is 13.2 Å². The molecule has 0 unspecified atom stereocenters. The smallest absolute Gasteiger partial charge is 0.335 e. The normalized spacial score (nSPS) is 11.1. The predicted octanol–water partition coefficient (Wildman–Crippen LogP) is 3.49. The van der Waals surface area contributed by atoms with Crippen LogP contribution in [0.15, 0.2) is 47.4 Å². The first-order chi connectivity index (χ1) is 9.78. The van der Waals surface area contributed by atoms with Gasteiger partial charge in [-0.15, -0.1) is 0 Å². The van der Waals surface area contributed by atoms with Gasteiger partial charge in [0.15, 0.2) is 0 Å². The van der Waals surface area contributed by atoms with Crippen LogP contribution in [0.3, 0.4) is 0 Å². The maximum atomic E-state index is 12.2. The van der Waals surface area contributed by atoms with Crippen molar-refractivity contribution in [1.82, 2.24) is 0 Å². The van der Waals surface area contributed by atoms with Gasteiger partial charge in [-0.1, -0.05) is 29.3 Å². The number of carbonyl (C=O) groups is 1. The Bertz CT molecular complexity index is 785. The van der Waals surface area contributed by atoms with Crippen LogP contribution >= 0.6 is 23.2 Å². The summed E-state index contributed by atoms with van der Waals surface area (Å²) in [5, 5.41) is 9.44. The van der Waals surface area contributed by atoms with Crippen LogP contribution in [0.4, 0.5) is 5.69 Å². The van der Waals surface area contributed by atoms with Crippen LogP contribution in [0.2, 0.25) is 10.0 Å². The molecule has 0 aliphatic heterocycles. The fraction of sp³-hybridized carbons (Fsp3) is 0. The van der Waals surface area contributed by atoms with Crippen molar-refractivity contribution < 1.29 is 18.3 Å². The third kappa shape index (κ3) is 3.87. The second-order valence-corrected chi connectivity index (χ2v) is 6.65. The molecule has 0 radical (unpaired) electrons. The van der Waals surface area contributed by atoms with Gasteiger partial charge in [0.2, 0.25) is 0 Å². The first kappa shape index (κ1) is 15.6. The third-order valence-corrected chi connectivity index (χ3v) is 4.32. The monoisotopic (exact) mass is 345 g/mol. The fourth-order valence-corrected chi connectivity index (χ4v) is 3.24. The average molecular weight is 346 g/mol. The number of anilines is 1. The summed E-state index contributed by atoms with van der Waals surface area (Å²) in [4.78, 5) is 10.7. The zero-order valence-electron chi connectivity index (χ0n) is 10.4. The van der Waals surface area contributed by atoms with Crippen LogP contribution in [0, 0.1) is 0 Å². The fourth-order valence-electron chi connectivity index (χ4n) is 1.62. The number of aromatic carboxylic acids is 1. The van der Waals surface area contributed by atoms with E-state index in [0.29, 0.717) is 0 Å². The minimum absolute atomic E-state index is 0.123. The summed E-state index contributed by atoms with van der Waals surface area (Å²) in [6.45, 7) is 0. The molecule has 0 fully saturated rings. The number of carboxylic acids is 1. The molecule has 0 saturated carbocycles. The number of hydrogen-bond donors (Lipinski definition) is 2. The summed E-state index contributed by atoms with van der Waals surface area (Å²) in [7, 11) is -3.93. The molecule has 2 aromatic rings. The van der Waals surface area contributed by atoms with Gasteiger partial charge < -0.3 is 5.11 Å². The molecular formula is C13H9Cl2NO4S. The lowest BCUT2D eigenvalue weighted by atomic mass is 10.2. The van der Waals surface area contributed by atoms with E-state index in [0.717, 1.165) is 6.07 Å². The summed E-state index contributed by atoms with van der Waals surface area (Å²) >= 11 is 11.6. The van der Waals surface area contributed by atoms with E-state index in [1.54, 1.807) is 0 Å². The Hall–Kier alpha value is -1.76. The number of nitrogens with one attached hydrogen (secondary N) is 1. The van der Waals surface area contributed by atoms with E-state index in [-0.39, 0.29) is 26.2 Å². The molecule has 0 bridgehead atoms. The van der Waals surface area contributed by atoms with E-state index >= 15 is 0 Å². The number of rotatable bonds is 4. The second-order valence-electron chi connectivity index (χ2n) is 4.10. The molecule has 0 amide bonds. The summed E-state index contributed by atoms with van der Waals surface area (Å²) in [5.74, 6) is -1.21. The summed E-state index contributed by atoms with van der Waals surface area (Å²) in [5.41, 5.74) is 0.0650. The van der Waals surface area contributed by atoms with Crippen LogP contribution < -0.4 is 4.72 Å². The van der Waals surface area contributed by atoms with Crippen LogP contribution in [0.5, 0.6) is 0 Å². The molecule has 0 saturated heterocycles. The van der Waals surface area contributed by atoms with Gasteiger partial charge in [0, 0.05) is 10.0 Å². The topological polar surface area (TPSA) is 83.5 Å². The van der Waals surface area contributed by atoms with Crippen molar-refractivity contribution >= 4 is 44.9 Å². The molecule has 5 nitrogen and oxygen atoms in total.